The van der Waals surface area contributed by atoms with Gasteiger partial charge in [-0.25, -0.2) is 4.39 Å². The van der Waals surface area contributed by atoms with E-state index in [-0.39, 0.29) is 11.7 Å². The van der Waals surface area contributed by atoms with Crippen molar-refractivity contribution in [2.24, 2.45) is 11.7 Å². The maximum absolute atomic E-state index is 14.0. The number of hydrogen-bond acceptors (Lipinski definition) is 2. The number of nitrogen functional groups attached to an aromatic ring is 1. The second-order valence-corrected chi connectivity index (χ2v) is 5.70. The average molecular weight is 277 g/mol. The molecule has 1 aromatic rings. The number of nitrogens with two attached hydrogens (primary N) is 1. The summed E-state index contributed by atoms with van der Waals surface area (Å²) in [4.78, 5) is 2.33. The van der Waals surface area contributed by atoms with Gasteiger partial charge in [0.15, 0.2) is 0 Å². The van der Waals surface area contributed by atoms with Gasteiger partial charge in [0.1, 0.15) is 11.7 Å². The first-order chi connectivity index (χ1) is 9.60. The highest BCUT2D eigenvalue weighted by Crippen LogP contribution is 2.22. The predicted octanol–water partition coefficient (Wildman–Crippen LogP) is 3.12. The predicted molar refractivity (Wildman–Crippen MR) is 80.3 cm³/mol. The number of rotatable bonds is 4. The standard InChI is InChI=1S/C16H24FN3/c1-2-12-4-3-8-20(9-7-12)11-14-6-5-13(16(18)19)10-15(14)17/h5-6,10,12H,2-4,7-9,11H2,1H3,(H3,18,19). The van der Waals surface area contributed by atoms with Crippen molar-refractivity contribution in [3.63, 3.8) is 0 Å². The van der Waals surface area contributed by atoms with E-state index in [4.69, 9.17) is 11.1 Å². The van der Waals surface area contributed by atoms with Gasteiger partial charge in [-0.2, -0.15) is 0 Å². The molecule has 1 atom stereocenters. The molecule has 1 fully saturated rings. The van der Waals surface area contributed by atoms with Crippen LogP contribution < -0.4 is 5.73 Å². The van der Waals surface area contributed by atoms with Crippen molar-refractivity contribution in [2.75, 3.05) is 13.1 Å². The number of amidine groups is 1. The lowest BCUT2D eigenvalue weighted by atomic mass is 9.98. The van der Waals surface area contributed by atoms with E-state index in [0.717, 1.165) is 19.0 Å². The molecule has 1 aromatic carbocycles. The fourth-order valence-electron chi connectivity index (χ4n) is 2.88. The molecule has 0 saturated carbocycles. The number of likely N-dealkylation sites (tertiary alicyclic amines) is 1. The minimum absolute atomic E-state index is 0.0870. The lowest BCUT2D eigenvalue weighted by Crippen LogP contribution is -2.25. The SMILES string of the molecule is CCC1CCCN(Cc2ccc(C(=N)N)cc2F)CC1. The maximum Gasteiger partial charge on any atom is 0.128 e. The van der Waals surface area contributed by atoms with Crippen LogP contribution in [0, 0.1) is 17.1 Å². The molecule has 1 unspecified atom stereocenters. The molecule has 0 amide bonds. The molecule has 4 heteroatoms. The quantitative estimate of drug-likeness (QED) is 0.656. The molecule has 110 valence electrons. The van der Waals surface area contributed by atoms with E-state index < -0.39 is 0 Å². The Bertz CT molecular complexity index is 473. The Morgan fingerprint density at radius 1 is 1.40 bits per heavy atom. The van der Waals surface area contributed by atoms with Gasteiger partial charge in [0.2, 0.25) is 0 Å². The fourth-order valence-corrected chi connectivity index (χ4v) is 2.88. The first-order valence-electron chi connectivity index (χ1n) is 7.45. The minimum atomic E-state index is -0.256. The van der Waals surface area contributed by atoms with Crippen molar-refractivity contribution in [3.8, 4) is 0 Å². The van der Waals surface area contributed by atoms with Crippen LogP contribution >= 0.6 is 0 Å². The van der Waals surface area contributed by atoms with Crippen LogP contribution in [0.3, 0.4) is 0 Å². The Labute approximate surface area is 120 Å². The molecule has 3 nitrogen and oxygen atoms in total. The molecule has 0 bridgehead atoms. The zero-order valence-corrected chi connectivity index (χ0v) is 12.2. The second-order valence-electron chi connectivity index (χ2n) is 5.70. The monoisotopic (exact) mass is 277 g/mol. The summed E-state index contributed by atoms with van der Waals surface area (Å²) in [6.07, 6.45) is 4.95. The van der Waals surface area contributed by atoms with Gasteiger partial charge < -0.3 is 5.73 Å². The molecule has 1 heterocycles. The summed E-state index contributed by atoms with van der Waals surface area (Å²) < 4.78 is 14.0. The summed E-state index contributed by atoms with van der Waals surface area (Å²) in [6, 6.07) is 4.85. The molecule has 0 spiro atoms. The van der Waals surface area contributed by atoms with Crippen LogP contribution in [0.25, 0.3) is 0 Å². The van der Waals surface area contributed by atoms with Crippen molar-refractivity contribution in [1.82, 2.24) is 4.90 Å². The Hall–Kier alpha value is -1.42. The molecule has 1 saturated heterocycles. The van der Waals surface area contributed by atoms with E-state index in [0.29, 0.717) is 17.7 Å². The van der Waals surface area contributed by atoms with E-state index in [2.05, 4.69) is 11.8 Å². The third-order valence-electron chi connectivity index (χ3n) is 4.28. The highest BCUT2D eigenvalue weighted by atomic mass is 19.1. The van der Waals surface area contributed by atoms with Gasteiger partial charge in [-0.1, -0.05) is 25.5 Å². The van der Waals surface area contributed by atoms with Gasteiger partial charge in [0.05, 0.1) is 0 Å². The topological polar surface area (TPSA) is 53.1 Å². The summed E-state index contributed by atoms with van der Waals surface area (Å²) >= 11 is 0. The molecule has 0 radical (unpaired) electrons. The summed E-state index contributed by atoms with van der Waals surface area (Å²) in [5.74, 6) is 0.481. The number of benzene rings is 1. The molecule has 1 aliphatic rings. The number of nitrogens with zero attached hydrogens (tertiary/aromatic N) is 1. The van der Waals surface area contributed by atoms with Gasteiger partial charge in [-0.05, 0) is 44.3 Å². The number of hydrogen-bond donors (Lipinski definition) is 2. The smallest absolute Gasteiger partial charge is 0.128 e. The Morgan fingerprint density at radius 2 is 2.20 bits per heavy atom. The summed E-state index contributed by atoms with van der Waals surface area (Å²) in [6.45, 7) is 5.00. The van der Waals surface area contributed by atoms with Crippen LogP contribution in [0.2, 0.25) is 0 Å². The van der Waals surface area contributed by atoms with Crippen LogP contribution in [0.1, 0.15) is 43.7 Å². The molecular weight excluding hydrogens is 253 g/mol. The van der Waals surface area contributed by atoms with E-state index in [9.17, 15) is 4.39 Å². The Morgan fingerprint density at radius 3 is 2.85 bits per heavy atom. The van der Waals surface area contributed by atoms with Crippen molar-refractivity contribution in [1.29, 1.82) is 5.41 Å². The van der Waals surface area contributed by atoms with Crippen LogP contribution in [-0.2, 0) is 6.54 Å². The van der Waals surface area contributed by atoms with Crippen molar-refractivity contribution in [2.45, 2.75) is 39.2 Å². The van der Waals surface area contributed by atoms with Crippen molar-refractivity contribution >= 4 is 5.84 Å². The second kappa shape index (κ2) is 6.84. The van der Waals surface area contributed by atoms with Gasteiger partial charge in [-0.3, -0.25) is 10.3 Å². The van der Waals surface area contributed by atoms with Crippen LogP contribution in [0.15, 0.2) is 18.2 Å². The summed E-state index contributed by atoms with van der Waals surface area (Å²) in [5, 5.41) is 7.33. The van der Waals surface area contributed by atoms with Gasteiger partial charge in [0, 0.05) is 17.7 Å². The average Bonchev–Trinajstić information content (AvgIpc) is 2.66. The van der Waals surface area contributed by atoms with E-state index in [1.807, 2.05) is 0 Å². The largest absolute Gasteiger partial charge is 0.384 e. The fraction of sp³-hybridized carbons (Fsp3) is 0.562. The molecule has 20 heavy (non-hydrogen) atoms. The van der Waals surface area contributed by atoms with Gasteiger partial charge in [0.25, 0.3) is 0 Å². The number of nitrogens with one attached hydrogen (secondary N) is 1. The minimum Gasteiger partial charge on any atom is -0.384 e. The lowest BCUT2D eigenvalue weighted by Gasteiger charge is -2.20. The normalized spacial score (nSPS) is 20.6. The third-order valence-corrected chi connectivity index (χ3v) is 4.28. The van der Waals surface area contributed by atoms with Crippen LogP contribution in [-0.4, -0.2) is 23.8 Å². The van der Waals surface area contributed by atoms with Crippen LogP contribution in [0.4, 0.5) is 4.39 Å². The Kier molecular flexibility index (Phi) is 5.12. The summed E-state index contributed by atoms with van der Waals surface area (Å²) in [7, 11) is 0. The zero-order chi connectivity index (χ0) is 14.5. The van der Waals surface area contributed by atoms with E-state index in [1.165, 1.54) is 31.7 Å². The lowest BCUT2D eigenvalue weighted by molar-refractivity contribution is 0.268. The molecule has 2 rings (SSSR count). The Balaban J connectivity index is 2.01. The van der Waals surface area contributed by atoms with Crippen LogP contribution in [0.5, 0.6) is 0 Å². The van der Waals surface area contributed by atoms with E-state index in [1.54, 1.807) is 12.1 Å². The van der Waals surface area contributed by atoms with E-state index >= 15 is 0 Å². The molecular formula is C16H24FN3. The van der Waals surface area contributed by atoms with Crippen molar-refractivity contribution in [3.05, 3.63) is 35.1 Å². The zero-order valence-electron chi connectivity index (χ0n) is 12.2. The first kappa shape index (κ1) is 15.0. The number of halogens is 1. The van der Waals surface area contributed by atoms with Crippen molar-refractivity contribution < 1.29 is 4.39 Å². The highest BCUT2D eigenvalue weighted by molar-refractivity contribution is 5.94. The molecule has 0 aromatic heterocycles. The maximum atomic E-state index is 14.0. The molecule has 1 aliphatic heterocycles. The first-order valence-corrected chi connectivity index (χ1v) is 7.45. The molecule has 0 aliphatic carbocycles. The third kappa shape index (κ3) is 3.79. The molecule has 3 N–H and O–H groups in total. The van der Waals surface area contributed by atoms with Gasteiger partial charge in [-0.15, -0.1) is 0 Å². The summed E-state index contributed by atoms with van der Waals surface area (Å²) in [5.41, 5.74) is 6.53. The highest BCUT2D eigenvalue weighted by Gasteiger charge is 2.17. The van der Waals surface area contributed by atoms with Gasteiger partial charge >= 0.3 is 0 Å².